The van der Waals surface area contributed by atoms with E-state index in [-0.39, 0.29) is 59.0 Å². The third kappa shape index (κ3) is 33.9. The smallest absolute Gasteiger partial charge is 0 e. The molecule has 0 saturated heterocycles. The van der Waals surface area contributed by atoms with E-state index in [0.717, 1.165) is 0 Å². The van der Waals surface area contributed by atoms with Gasteiger partial charge in [-0.2, -0.15) is 27.0 Å². The van der Waals surface area contributed by atoms with Crippen LogP contribution in [0, 0.1) is 0 Å². The minimum Gasteiger partial charge on any atom is -0.412 e. The predicted molar refractivity (Wildman–Crippen MR) is 28.0 cm³/mol. The van der Waals surface area contributed by atoms with Crippen molar-refractivity contribution in [2.24, 2.45) is 0 Å². The van der Waals surface area contributed by atoms with Crippen LogP contribution >= 0.6 is 27.0 Å². The first-order valence-corrected chi connectivity index (χ1v) is 0. The van der Waals surface area contributed by atoms with Gasteiger partial charge in [0.15, 0.2) is 0 Å². The fourth-order valence-electron chi connectivity index (χ4n) is 0. The van der Waals surface area contributed by atoms with Gasteiger partial charge in [-0.3, -0.25) is 0 Å². The average molecular weight is 200 g/mol. The van der Waals surface area contributed by atoms with Gasteiger partial charge in [-0.1, -0.05) is 0 Å². The van der Waals surface area contributed by atoms with Crippen molar-refractivity contribution >= 4 is 27.0 Å². The van der Waals surface area contributed by atoms with Crippen molar-refractivity contribution in [2.45, 2.75) is 0 Å². The predicted octanol–water partition coefficient (Wildman–Crippen LogP) is -1.43. The molecule has 0 spiro atoms. The van der Waals surface area contributed by atoms with Crippen LogP contribution in [0.4, 0.5) is 0 Å². The SMILES string of the molecule is O.O.S.S.[Mo]. The van der Waals surface area contributed by atoms with Gasteiger partial charge in [-0.05, 0) is 0 Å². The van der Waals surface area contributed by atoms with E-state index in [0.29, 0.717) is 0 Å². The van der Waals surface area contributed by atoms with Gasteiger partial charge in [0, 0.05) is 21.1 Å². The molecule has 0 rings (SSSR count). The molecule has 0 bridgehead atoms. The fourth-order valence-corrected chi connectivity index (χ4v) is 0. The van der Waals surface area contributed by atoms with Crippen LogP contribution in [0.25, 0.3) is 0 Å². The second-order valence-corrected chi connectivity index (χ2v) is 0. The largest absolute Gasteiger partial charge is 0.412 e. The normalized spacial score (nSPS) is 0. The Balaban J connectivity index is 0. The number of rotatable bonds is 0. The molecule has 5 heteroatoms. The Morgan fingerprint density at radius 2 is 0.600 bits per heavy atom. The van der Waals surface area contributed by atoms with Gasteiger partial charge in [0.25, 0.3) is 0 Å². The monoisotopic (exact) mass is 202 g/mol. The molecule has 0 unspecified atom stereocenters. The van der Waals surface area contributed by atoms with Gasteiger partial charge in [0.05, 0.1) is 0 Å². The summed E-state index contributed by atoms with van der Waals surface area (Å²) in [7, 11) is 0. The zero-order valence-corrected chi connectivity index (χ0v) is 6.42. The Labute approximate surface area is 59.1 Å². The molecule has 0 aliphatic heterocycles. The number of hydrogen-bond acceptors (Lipinski definition) is 0. The molecule has 0 aromatic carbocycles. The van der Waals surface area contributed by atoms with E-state index in [1.807, 2.05) is 0 Å². The summed E-state index contributed by atoms with van der Waals surface area (Å²) in [5.41, 5.74) is 0. The van der Waals surface area contributed by atoms with Gasteiger partial charge in [0.1, 0.15) is 0 Å². The molecule has 2 nitrogen and oxygen atoms in total. The molecule has 0 amide bonds. The van der Waals surface area contributed by atoms with Crippen LogP contribution in [-0.4, -0.2) is 11.0 Å². The third-order valence-corrected chi connectivity index (χ3v) is 0. The van der Waals surface area contributed by atoms with E-state index < -0.39 is 0 Å². The summed E-state index contributed by atoms with van der Waals surface area (Å²) in [6.45, 7) is 0. The van der Waals surface area contributed by atoms with E-state index in [1.165, 1.54) is 0 Å². The second-order valence-electron chi connectivity index (χ2n) is 0. The van der Waals surface area contributed by atoms with Crippen molar-refractivity contribution in [3.8, 4) is 0 Å². The topological polar surface area (TPSA) is 63.0 Å². The Kier molecular flexibility index (Phi) is 1200. The van der Waals surface area contributed by atoms with Crippen molar-refractivity contribution in [3.05, 3.63) is 0 Å². The van der Waals surface area contributed by atoms with Crippen LogP contribution in [0.5, 0.6) is 0 Å². The molecule has 0 aliphatic rings. The molecule has 0 aliphatic carbocycles. The summed E-state index contributed by atoms with van der Waals surface area (Å²) in [6, 6.07) is 0. The summed E-state index contributed by atoms with van der Waals surface area (Å²) >= 11 is 0. The Hall–Kier alpha value is 1.31. The second kappa shape index (κ2) is 57.6. The van der Waals surface area contributed by atoms with Crippen LogP contribution < -0.4 is 0 Å². The van der Waals surface area contributed by atoms with E-state index in [4.69, 9.17) is 0 Å². The zero-order chi connectivity index (χ0) is 0. The molecule has 38 valence electrons. The van der Waals surface area contributed by atoms with Crippen LogP contribution in [0.1, 0.15) is 0 Å². The Morgan fingerprint density at radius 3 is 0.600 bits per heavy atom. The van der Waals surface area contributed by atoms with Crippen molar-refractivity contribution in [3.63, 3.8) is 0 Å². The summed E-state index contributed by atoms with van der Waals surface area (Å²) in [6.07, 6.45) is 0. The molecule has 5 heavy (non-hydrogen) atoms. The average Bonchev–Trinajstić information content (AvgIpc) is 0. The van der Waals surface area contributed by atoms with Crippen LogP contribution in [0.3, 0.4) is 0 Å². The molecule has 0 aromatic heterocycles. The summed E-state index contributed by atoms with van der Waals surface area (Å²) in [5.74, 6) is 0. The fraction of sp³-hybridized carbons (Fsp3) is 0. The maximum Gasteiger partial charge on any atom is 0 e. The Morgan fingerprint density at radius 1 is 0.600 bits per heavy atom. The van der Waals surface area contributed by atoms with Crippen LogP contribution in [-0.2, 0) is 21.1 Å². The van der Waals surface area contributed by atoms with Crippen molar-refractivity contribution in [2.75, 3.05) is 0 Å². The van der Waals surface area contributed by atoms with Gasteiger partial charge in [-0.25, -0.2) is 0 Å². The van der Waals surface area contributed by atoms with Crippen LogP contribution in [0.15, 0.2) is 0 Å². The quantitative estimate of drug-likeness (QED) is 0.430. The maximum absolute atomic E-state index is 0. The van der Waals surface area contributed by atoms with Gasteiger partial charge < -0.3 is 11.0 Å². The molecular weight excluding hydrogens is 192 g/mol. The standard InChI is InChI=1S/Mo.2H2O.2H2S/h;4*1H2. The van der Waals surface area contributed by atoms with Crippen molar-refractivity contribution < 1.29 is 32.0 Å². The maximum atomic E-state index is 0. The number of hydrogen-bond donors (Lipinski definition) is 0. The van der Waals surface area contributed by atoms with E-state index >= 15 is 0 Å². The van der Waals surface area contributed by atoms with Crippen LogP contribution in [0.2, 0.25) is 0 Å². The van der Waals surface area contributed by atoms with E-state index in [9.17, 15) is 0 Å². The van der Waals surface area contributed by atoms with E-state index in [1.54, 1.807) is 0 Å². The molecule has 0 radical (unpaired) electrons. The zero-order valence-electron chi connectivity index (χ0n) is 2.41. The molecule has 0 saturated carbocycles. The molecule has 0 heterocycles. The minimum atomic E-state index is 0. The summed E-state index contributed by atoms with van der Waals surface area (Å²) in [4.78, 5) is 0. The molecule has 0 fully saturated rings. The molecular formula is H8MoO2S2. The molecule has 0 aromatic rings. The minimum absolute atomic E-state index is 0. The van der Waals surface area contributed by atoms with Gasteiger partial charge >= 0.3 is 0 Å². The third-order valence-electron chi connectivity index (χ3n) is 0. The molecule has 0 atom stereocenters. The Bertz CT molecular complexity index is 7.61. The van der Waals surface area contributed by atoms with Gasteiger partial charge in [-0.15, -0.1) is 0 Å². The van der Waals surface area contributed by atoms with Gasteiger partial charge in [0.2, 0.25) is 0 Å². The van der Waals surface area contributed by atoms with Crippen molar-refractivity contribution in [1.82, 2.24) is 0 Å². The first kappa shape index (κ1) is 104. The first-order chi connectivity index (χ1) is 0. The summed E-state index contributed by atoms with van der Waals surface area (Å²) < 4.78 is 0. The van der Waals surface area contributed by atoms with Crippen molar-refractivity contribution in [1.29, 1.82) is 0 Å². The molecule has 4 N–H and O–H groups in total. The van der Waals surface area contributed by atoms with E-state index in [2.05, 4.69) is 0 Å². The first-order valence-electron chi connectivity index (χ1n) is 0. The summed E-state index contributed by atoms with van der Waals surface area (Å²) in [5, 5.41) is 0.